The van der Waals surface area contributed by atoms with E-state index in [1.165, 1.54) is 0 Å². The Bertz CT molecular complexity index is 239. The van der Waals surface area contributed by atoms with Crippen molar-refractivity contribution in [3.05, 3.63) is 0 Å². The zero-order chi connectivity index (χ0) is 12.1. The molecule has 0 amide bonds. The van der Waals surface area contributed by atoms with Crippen LogP contribution in [0.3, 0.4) is 0 Å². The minimum absolute atomic E-state index is 0.0777. The average Bonchev–Trinajstić information content (AvgIpc) is 2.23. The summed E-state index contributed by atoms with van der Waals surface area (Å²) in [5.74, 6) is 0.439. The molecule has 2 nitrogen and oxygen atoms in total. The maximum Gasteiger partial charge on any atom is 0.0909 e. The molecule has 2 N–H and O–H groups in total. The lowest BCUT2D eigenvalue weighted by Crippen LogP contribution is -2.60. The monoisotopic (exact) mass is 213 g/mol. The number of hydrogen-bond donors (Lipinski definition) is 1. The van der Waals surface area contributed by atoms with Crippen LogP contribution >= 0.6 is 0 Å². The lowest BCUT2D eigenvalue weighted by Gasteiger charge is -2.48. The first kappa shape index (κ1) is 13.0. The molecule has 2 heteroatoms. The number of hydrogen-bond acceptors (Lipinski definition) is 2. The van der Waals surface area contributed by atoms with Crippen molar-refractivity contribution in [3.8, 4) is 0 Å². The van der Waals surface area contributed by atoms with E-state index in [4.69, 9.17) is 10.5 Å². The van der Waals surface area contributed by atoms with E-state index in [1.54, 1.807) is 0 Å². The van der Waals surface area contributed by atoms with Crippen LogP contribution in [0.4, 0.5) is 0 Å². The molecule has 1 aliphatic rings. The van der Waals surface area contributed by atoms with E-state index >= 15 is 0 Å². The fraction of sp³-hybridized carbons (Fsp3) is 1.00. The average molecular weight is 213 g/mol. The third kappa shape index (κ3) is 1.72. The minimum Gasteiger partial charge on any atom is -0.372 e. The van der Waals surface area contributed by atoms with Crippen molar-refractivity contribution in [2.24, 2.45) is 22.5 Å². The Hall–Kier alpha value is -0.0800. The molecule has 0 aromatic heterocycles. The second-order valence-corrected chi connectivity index (χ2v) is 6.95. The molecule has 1 fully saturated rings. The molecule has 2 atom stereocenters. The van der Waals surface area contributed by atoms with Gasteiger partial charge < -0.3 is 10.5 Å². The standard InChI is InChI=1S/C13H27NO/c1-9(2)13(11(3,4)5)10(14)12(6,7)8-15-13/h9-10H,8,14H2,1-7H3/t10-,13?/m0/s1. The van der Waals surface area contributed by atoms with Gasteiger partial charge >= 0.3 is 0 Å². The molecule has 1 aliphatic heterocycles. The fourth-order valence-electron chi connectivity index (χ4n) is 3.14. The van der Waals surface area contributed by atoms with E-state index in [0.717, 1.165) is 6.61 Å². The van der Waals surface area contributed by atoms with Crippen LogP contribution in [0.5, 0.6) is 0 Å². The van der Waals surface area contributed by atoms with E-state index in [9.17, 15) is 0 Å². The van der Waals surface area contributed by atoms with E-state index < -0.39 is 0 Å². The van der Waals surface area contributed by atoms with Gasteiger partial charge in [0.25, 0.3) is 0 Å². The third-order valence-electron chi connectivity index (χ3n) is 4.02. The van der Waals surface area contributed by atoms with Crippen molar-refractivity contribution in [2.45, 2.75) is 60.1 Å². The highest BCUT2D eigenvalue weighted by molar-refractivity contribution is 5.11. The Balaban J connectivity index is 3.17. The Labute approximate surface area is 94.6 Å². The molecule has 90 valence electrons. The summed E-state index contributed by atoms with van der Waals surface area (Å²) in [4.78, 5) is 0. The van der Waals surface area contributed by atoms with Gasteiger partial charge in [0.15, 0.2) is 0 Å². The molecule has 1 unspecified atom stereocenters. The van der Waals surface area contributed by atoms with Crippen LogP contribution in [0, 0.1) is 16.7 Å². The van der Waals surface area contributed by atoms with Crippen LogP contribution in [-0.2, 0) is 4.74 Å². The van der Waals surface area contributed by atoms with Crippen LogP contribution in [0.1, 0.15) is 48.5 Å². The lowest BCUT2D eigenvalue weighted by atomic mass is 9.62. The Kier molecular flexibility index (Phi) is 2.99. The van der Waals surface area contributed by atoms with E-state index in [-0.39, 0.29) is 22.5 Å². The molecule has 15 heavy (non-hydrogen) atoms. The maximum absolute atomic E-state index is 6.45. The smallest absolute Gasteiger partial charge is 0.0909 e. The second-order valence-electron chi connectivity index (χ2n) is 6.95. The minimum atomic E-state index is -0.198. The zero-order valence-corrected chi connectivity index (χ0v) is 11.3. The number of ether oxygens (including phenoxy) is 1. The summed E-state index contributed by atoms with van der Waals surface area (Å²) in [5, 5.41) is 0. The van der Waals surface area contributed by atoms with Gasteiger partial charge in [-0.3, -0.25) is 0 Å². The third-order valence-corrected chi connectivity index (χ3v) is 4.02. The molecular formula is C13H27NO. The van der Waals surface area contributed by atoms with Crippen LogP contribution in [0.25, 0.3) is 0 Å². The van der Waals surface area contributed by atoms with Gasteiger partial charge in [-0.25, -0.2) is 0 Å². The first-order valence-electron chi connectivity index (χ1n) is 5.95. The maximum atomic E-state index is 6.45. The lowest BCUT2D eigenvalue weighted by molar-refractivity contribution is -0.118. The normalized spacial score (nSPS) is 36.2. The Morgan fingerprint density at radius 2 is 1.73 bits per heavy atom. The van der Waals surface area contributed by atoms with Crippen LogP contribution in [0.15, 0.2) is 0 Å². The summed E-state index contributed by atoms with van der Waals surface area (Å²) in [6.07, 6.45) is 0. The van der Waals surface area contributed by atoms with Crippen LogP contribution in [0.2, 0.25) is 0 Å². The van der Waals surface area contributed by atoms with Gasteiger partial charge in [-0.2, -0.15) is 0 Å². The molecule has 1 heterocycles. The van der Waals surface area contributed by atoms with E-state index in [2.05, 4.69) is 48.5 Å². The highest BCUT2D eigenvalue weighted by atomic mass is 16.5. The van der Waals surface area contributed by atoms with Gasteiger partial charge in [0.1, 0.15) is 0 Å². The molecule has 0 bridgehead atoms. The fourth-order valence-corrected chi connectivity index (χ4v) is 3.14. The van der Waals surface area contributed by atoms with Crippen LogP contribution in [-0.4, -0.2) is 18.2 Å². The summed E-state index contributed by atoms with van der Waals surface area (Å²) in [5.41, 5.74) is 6.41. The first-order valence-corrected chi connectivity index (χ1v) is 5.95. The van der Waals surface area contributed by atoms with Gasteiger partial charge in [-0.05, 0) is 11.3 Å². The second kappa shape index (κ2) is 3.46. The predicted molar refractivity (Wildman–Crippen MR) is 64.7 cm³/mol. The SMILES string of the molecule is CC(C)C1(C(C)(C)C)OCC(C)(C)[C@@H]1N. The van der Waals surface area contributed by atoms with Gasteiger partial charge in [0, 0.05) is 11.5 Å². The first-order chi connectivity index (χ1) is 6.56. The Morgan fingerprint density at radius 1 is 1.27 bits per heavy atom. The topological polar surface area (TPSA) is 35.2 Å². The molecule has 0 aromatic carbocycles. The number of nitrogens with two attached hydrogens (primary N) is 1. The molecule has 0 aliphatic carbocycles. The van der Waals surface area contributed by atoms with Crippen molar-refractivity contribution in [1.29, 1.82) is 0 Å². The summed E-state index contributed by atoms with van der Waals surface area (Å²) in [6, 6.07) is 0.102. The van der Waals surface area contributed by atoms with Gasteiger partial charge in [-0.15, -0.1) is 0 Å². The Morgan fingerprint density at radius 3 is 1.87 bits per heavy atom. The highest BCUT2D eigenvalue weighted by Crippen LogP contribution is 2.51. The van der Waals surface area contributed by atoms with E-state index in [0.29, 0.717) is 5.92 Å². The summed E-state index contributed by atoms with van der Waals surface area (Å²) < 4.78 is 6.17. The molecule has 0 radical (unpaired) electrons. The van der Waals surface area contributed by atoms with Crippen molar-refractivity contribution in [2.75, 3.05) is 6.61 Å². The molecular weight excluding hydrogens is 186 g/mol. The van der Waals surface area contributed by atoms with Crippen LogP contribution < -0.4 is 5.73 Å². The van der Waals surface area contributed by atoms with Crippen molar-refractivity contribution < 1.29 is 4.74 Å². The largest absolute Gasteiger partial charge is 0.372 e. The number of rotatable bonds is 1. The predicted octanol–water partition coefficient (Wildman–Crippen LogP) is 2.81. The van der Waals surface area contributed by atoms with Crippen molar-refractivity contribution >= 4 is 0 Å². The van der Waals surface area contributed by atoms with Gasteiger partial charge in [0.05, 0.1) is 12.2 Å². The molecule has 0 aromatic rings. The molecule has 1 saturated heterocycles. The highest BCUT2D eigenvalue weighted by Gasteiger charge is 2.59. The van der Waals surface area contributed by atoms with Crippen molar-refractivity contribution in [1.82, 2.24) is 0 Å². The zero-order valence-electron chi connectivity index (χ0n) is 11.3. The summed E-state index contributed by atoms with van der Waals surface area (Å²) in [7, 11) is 0. The summed E-state index contributed by atoms with van der Waals surface area (Å²) >= 11 is 0. The molecule has 1 rings (SSSR count). The van der Waals surface area contributed by atoms with Crippen molar-refractivity contribution in [3.63, 3.8) is 0 Å². The van der Waals surface area contributed by atoms with Gasteiger partial charge in [0.2, 0.25) is 0 Å². The van der Waals surface area contributed by atoms with Gasteiger partial charge in [-0.1, -0.05) is 48.5 Å². The van der Waals surface area contributed by atoms with E-state index in [1.807, 2.05) is 0 Å². The molecule has 0 saturated carbocycles. The molecule has 0 spiro atoms. The quantitative estimate of drug-likeness (QED) is 0.727. The summed E-state index contributed by atoms with van der Waals surface area (Å²) in [6.45, 7) is 16.3.